The molecule has 0 aromatic rings. The van der Waals surface area contributed by atoms with E-state index in [4.69, 9.17) is 18.9 Å². The molecule has 5 nitrogen and oxygen atoms in total. The highest BCUT2D eigenvalue weighted by Gasteiger charge is 2.58. The molecule has 5 atom stereocenters. The number of carbonyl (C=O) groups excluding carboxylic acids is 1. The third-order valence-corrected chi connectivity index (χ3v) is 4.31. The summed E-state index contributed by atoms with van der Waals surface area (Å²) in [6, 6.07) is 0. The fraction of sp³-hybridized carbons (Fsp3) is 0.923. The van der Waals surface area contributed by atoms with Gasteiger partial charge < -0.3 is 18.9 Å². The Balaban J connectivity index is 2.23. The smallest absolute Gasteiger partial charge is 0.220 e. The van der Waals surface area contributed by atoms with Gasteiger partial charge in [0.15, 0.2) is 0 Å². The number of hydrogen-bond acceptors (Lipinski definition) is 5. The number of hydrogen-bond donors (Lipinski definition) is 0. The first-order chi connectivity index (χ1) is 8.35. The molecule has 0 aromatic carbocycles. The van der Waals surface area contributed by atoms with E-state index >= 15 is 0 Å². The number of Topliss-reactive ketones (excluding diaryl/α,β-unsaturated/α-hetero) is 1. The zero-order valence-electron chi connectivity index (χ0n) is 11.7. The van der Waals surface area contributed by atoms with Gasteiger partial charge in [-0.3, -0.25) is 4.79 Å². The fourth-order valence-electron chi connectivity index (χ4n) is 2.66. The van der Waals surface area contributed by atoms with Gasteiger partial charge in [-0.05, 0) is 20.3 Å². The predicted molar refractivity (Wildman–Crippen MR) is 64.0 cm³/mol. The molecule has 1 heterocycles. The second-order valence-electron chi connectivity index (χ2n) is 5.42. The third kappa shape index (κ3) is 1.99. The summed E-state index contributed by atoms with van der Waals surface area (Å²) in [6.07, 6.45) is 0.681. The van der Waals surface area contributed by atoms with Crippen molar-refractivity contribution in [1.29, 1.82) is 0 Å². The quantitative estimate of drug-likeness (QED) is 0.751. The maximum absolute atomic E-state index is 11.8. The van der Waals surface area contributed by atoms with Crippen molar-refractivity contribution in [2.24, 2.45) is 5.92 Å². The average molecular weight is 258 g/mol. The number of ketones is 1. The summed E-state index contributed by atoms with van der Waals surface area (Å²) in [6.45, 7) is 5.50. The fourth-order valence-corrected chi connectivity index (χ4v) is 2.66. The van der Waals surface area contributed by atoms with Crippen LogP contribution < -0.4 is 0 Å². The molecule has 0 bridgehead atoms. The van der Waals surface area contributed by atoms with E-state index in [9.17, 15) is 4.79 Å². The van der Waals surface area contributed by atoms with Crippen molar-refractivity contribution in [3.05, 3.63) is 0 Å². The highest BCUT2D eigenvalue weighted by Crippen LogP contribution is 2.43. The van der Waals surface area contributed by atoms with Crippen LogP contribution in [0.2, 0.25) is 0 Å². The van der Waals surface area contributed by atoms with Crippen LogP contribution in [0.4, 0.5) is 0 Å². The van der Waals surface area contributed by atoms with Gasteiger partial charge in [0.1, 0.15) is 5.78 Å². The summed E-state index contributed by atoms with van der Waals surface area (Å²) in [5.41, 5.74) is 0. The van der Waals surface area contributed by atoms with Crippen molar-refractivity contribution in [2.75, 3.05) is 14.2 Å². The lowest BCUT2D eigenvalue weighted by Crippen LogP contribution is -2.66. The molecule has 1 saturated carbocycles. The number of ether oxygens (including phenoxy) is 4. The first-order valence-corrected chi connectivity index (χ1v) is 6.34. The Kier molecular flexibility index (Phi) is 3.53. The van der Waals surface area contributed by atoms with E-state index < -0.39 is 11.6 Å². The molecule has 5 heteroatoms. The lowest BCUT2D eigenvalue weighted by molar-refractivity contribution is -0.449. The molecule has 0 N–H and O–H groups in total. The van der Waals surface area contributed by atoms with Gasteiger partial charge >= 0.3 is 0 Å². The Bertz CT molecular complexity index is 344. The van der Waals surface area contributed by atoms with E-state index in [2.05, 4.69) is 0 Å². The summed E-state index contributed by atoms with van der Waals surface area (Å²) in [5.74, 6) is -1.74. The Labute approximate surface area is 108 Å². The van der Waals surface area contributed by atoms with Crippen LogP contribution in [0.5, 0.6) is 0 Å². The molecule has 1 saturated heterocycles. The van der Waals surface area contributed by atoms with Gasteiger partial charge in [0.25, 0.3) is 0 Å². The van der Waals surface area contributed by atoms with E-state index in [-0.39, 0.29) is 23.9 Å². The largest absolute Gasteiger partial charge is 0.349 e. The minimum Gasteiger partial charge on any atom is -0.349 e. The van der Waals surface area contributed by atoms with Crippen LogP contribution in [0.1, 0.15) is 33.6 Å². The SMILES string of the molecule is CO[C@@]1(C)O[C@@H]2CC(=O)[C@@H](C)C[C@H]2O[C@]1(C)OC. The molecule has 2 rings (SSSR count). The van der Waals surface area contributed by atoms with Crippen molar-refractivity contribution < 1.29 is 23.7 Å². The zero-order valence-corrected chi connectivity index (χ0v) is 11.7. The van der Waals surface area contributed by atoms with Gasteiger partial charge in [0, 0.05) is 26.6 Å². The van der Waals surface area contributed by atoms with Crippen molar-refractivity contribution in [3.63, 3.8) is 0 Å². The molecular formula is C13H22O5. The van der Waals surface area contributed by atoms with Crippen molar-refractivity contribution in [1.82, 2.24) is 0 Å². The minimum atomic E-state index is -1.01. The van der Waals surface area contributed by atoms with Crippen LogP contribution in [-0.2, 0) is 23.7 Å². The minimum absolute atomic E-state index is 0.0165. The molecule has 0 aromatic heterocycles. The maximum atomic E-state index is 11.8. The molecule has 0 radical (unpaired) electrons. The van der Waals surface area contributed by atoms with Crippen LogP contribution in [0, 0.1) is 5.92 Å². The normalized spacial score (nSPS) is 48.9. The van der Waals surface area contributed by atoms with E-state index in [0.29, 0.717) is 12.8 Å². The monoisotopic (exact) mass is 258 g/mol. The Hall–Kier alpha value is -0.490. The van der Waals surface area contributed by atoms with Crippen LogP contribution in [0.15, 0.2) is 0 Å². The Morgan fingerprint density at radius 3 is 2.11 bits per heavy atom. The zero-order chi connectivity index (χ0) is 13.6. The van der Waals surface area contributed by atoms with Gasteiger partial charge in [0.05, 0.1) is 12.2 Å². The highest BCUT2D eigenvalue weighted by atomic mass is 16.8. The van der Waals surface area contributed by atoms with E-state index in [1.165, 1.54) is 0 Å². The molecule has 0 spiro atoms. The lowest BCUT2D eigenvalue weighted by Gasteiger charge is -2.53. The lowest BCUT2D eigenvalue weighted by atomic mass is 9.83. The van der Waals surface area contributed by atoms with E-state index in [0.717, 1.165) is 0 Å². The third-order valence-electron chi connectivity index (χ3n) is 4.31. The van der Waals surface area contributed by atoms with Crippen molar-refractivity contribution >= 4 is 5.78 Å². The van der Waals surface area contributed by atoms with Crippen LogP contribution in [0.25, 0.3) is 0 Å². The molecule has 1 aliphatic carbocycles. The van der Waals surface area contributed by atoms with Gasteiger partial charge in [-0.25, -0.2) is 0 Å². The van der Waals surface area contributed by atoms with Crippen molar-refractivity contribution in [2.45, 2.75) is 57.4 Å². The summed E-state index contributed by atoms with van der Waals surface area (Å²) in [7, 11) is 3.12. The maximum Gasteiger partial charge on any atom is 0.220 e. The van der Waals surface area contributed by atoms with Gasteiger partial charge in [0.2, 0.25) is 11.6 Å². The second-order valence-corrected chi connectivity index (χ2v) is 5.42. The van der Waals surface area contributed by atoms with E-state index in [1.54, 1.807) is 28.1 Å². The summed E-state index contributed by atoms with van der Waals surface area (Å²) in [4.78, 5) is 11.8. The standard InChI is InChI=1S/C13H22O5/c1-8-6-10-11(7-9(8)14)18-13(3,16-5)12(2,15-4)17-10/h8,10-11H,6-7H2,1-5H3/t8-,10+,11+,12-,13-/m0/s1. The molecule has 18 heavy (non-hydrogen) atoms. The molecule has 2 fully saturated rings. The topological polar surface area (TPSA) is 54.0 Å². The summed E-state index contributed by atoms with van der Waals surface area (Å²) >= 11 is 0. The van der Waals surface area contributed by atoms with Crippen LogP contribution in [0.3, 0.4) is 0 Å². The van der Waals surface area contributed by atoms with Crippen LogP contribution >= 0.6 is 0 Å². The van der Waals surface area contributed by atoms with Crippen molar-refractivity contribution in [3.8, 4) is 0 Å². The first kappa shape index (κ1) is 13.9. The second kappa shape index (κ2) is 4.56. The molecule has 0 unspecified atom stereocenters. The molecule has 1 aliphatic heterocycles. The van der Waals surface area contributed by atoms with Gasteiger partial charge in [-0.1, -0.05) is 6.92 Å². The number of carbonyl (C=O) groups is 1. The molecule has 0 amide bonds. The Morgan fingerprint density at radius 1 is 1.11 bits per heavy atom. The van der Waals surface area contributed by atoms with E-state index in [1.807, 2.05) is 6.92 Å². The molecule has 2 aliphatic rings. The number of methoxy groups -OCH3 is 2. The number of fused-ring (bicyclic) bond motifs is 1. The molecular weight excluding hydrogens is 236 g/mol. The number of rotatable bonds is 2. The van der Waals surface area contributed by atoms with Crippen LogP contribution in [-0.4, -0.2) is 43.8 Å². The first-order valence-electron chi connectivity index (χ1n) is 6.34. The predicted octanol–water partition coefficient (Wildman–Crippen LogP) is 1.49. The summed E-state index contributed by atoms with van der Waals surface area (Å²) < 4.78 is 22.8. The highest BCUT2D eigenvalue weighted by molar-refractivity contribution is 5.82. The van der Waals surface area contributed by atoms with Gasteiger partial charge in [-0.2, -0.15) is 0 Å². The molecule has 104 valence electrons. The Morgan fingerprint density at radius 2 is 1.61 bits per heavy atom. The van der Waals surface area contributed by atoms with Gasteiger partial charge in [-0.15, -0.1) is 0 Å². The average Bonchev–Trinajstić information content (AvgIpc) is 2.33. The summed E-state index contributed by atoms with van der Waals surface area (Å²) in [5, 5.41) is 0.